The molecule has 1 heterocycles. The van der Waals surface area contributed by atoms with Crippen LogP contribution in [-0.2, 0) is 6.54 Å². The van der Waals surface area contributed by atoms with Gasteiger partial charge in [0.25, 0.3) is 5.91 Å². The molecule has 0 aliphatic rings. The Labute approximate surface area is 166 Å². The number of anilines is 1. The largest absolute Gasteiger partial charge is 0.484 e. The zero-order chi connectivity index (χ0) is 21.0. The maximum absolute atomic E-state index is 12.8. The van der Waals surface area contributed by atoms with Gasteiger partial charge in [-0.2, -0.15) is 18.3 Å². The topological polar surface area (TPSA) is 56.2 Å². The Morgan fingerprint density at radius 2 is 1.83 bits per heavy atom. The molecule has 2 aromatic carbocycles. The summed E-state index contributed by atoms with van der Waals surface area (Å²) in [6.45, 7) is 2.68. The lowest BCUT2D eigenvalue weighted by atomic mass is 10.1. The highest BCUT2D eigenvalue weighted by Gasteiger charge is 2.28. The molecule has 0 spiro atoms. The molecule has 3 rings (SSSR count). The maximum Gasteiger partial charge on any atom is 0.422 e. The Balaban J connectivity index is 1.74. The van der Waals surface area contributed by atoms with E-state index >= 15 is 0 Å². The molecule has 0 bridgehead atoms. The molecule has 0 aliphatic carbocycles. The second-order valence-corrected chi connectivity index (χ2v) is 6.57. The lowest BCUT2D eigenvalue weighted by Gasteiger charge is -2.11. The average Bonchev–Trinajstić information content (AvgIpc) is 2.94. The summed E-state index contributed by atoms with van der Waals surface area (Å²) in [5.41, 5.74) is 3.10. The van der Waals surface area contributed by atoms with Crippen LogP contribution in [0.25, 0.3) is 0 Å². The van der Waals surface area contributed by atoms with Crippen LogP contribution in [0.4, 0.5) is 18.9 Å². The van der Waals surface area contributed by atoms with Gasteiger partial charge in [-0.3, -0.25) is 9.48 Å². The highest BCUT2D eigenvalue weighted by Crippen LogP contribution is 2.23. The highest BCUT2D eigenvalue weighted by molar-refractivity contribution is 6.05. The van der Waals surface area contributed by atoms with Crippen LogP contribution in [0.1, 0.15) is 27.3 Å². The minimum Gasteiger partial charge on any atom is -0.484 e. The van der Waals surface area contributed by atoms with Gasteiger partial charge in [0.15, 0.2) is 6.61 Å². The van der Waals surface area contributed by atoms with Crippen molar-refractivity contribution in [2.24, 2.45) is 0 Å². The number of hydrogen-bond donors (Lipinski definition) is 1. The molecule has 0 aliphatic heterocycles. The van der Waals surface area contributed by atoms with Crippen molar-refractivity contribution < 1.29 is 22.7 Å². The van der Waals surface area contributed by atoms with Crippen molar-refractivity contribution in [2.45, 2.75) is 26.6 Å². The second kappa shape index (κ2) is 8.38. The van der Waals surface area contributed by atoms with Crippen LogP contribution in [-0.4, -0.2) is 28.5 Å². The number of alkyl halides is 3. The summed E-state index contributed by atoms with van der Waals surface area (Å²) in [6, 6.07) is 15.6. The van der Waals surface area contributed by atoms with Crippen LogP contribution in [0, 0.1) is 13.8 Å². The molecule has 8 heteroatoms. The number of aromatic nitrogens is 2. The van der Waals surface area contributed by atoms with Crippen LogP contribution in [0.15, 0.2) is 54.6 Å². The fourth-order valence-electron chi connectivity index (χ4n) is 2.96. The molecule has 0 saturated heterocycles. The first-order valence-electron chi connectivity index (χ1n) is 8.92. The number of benzene rings is 2. The van der Waals surface area contributed by atoms with Crippen molar-refractivity contribution in [3.63, 3.8) is 0 Å². The Bertz CT molecular complexity index is 998. The van der Waals surface area contributed by atoms with E-state index in [1.54, 1.807) is 24.6 Å². The normalized spacial score (nSPS) is 11.3. The first-order chi connectivity index (χ1) is 13.7. The van der Waals surface area contributed by atoms with E-state index in [9.17, 15) is 18.0 Å². The van der Waals surface area contributed by atoms with Gasteiger partial charge in [-0.25, -0.2) is 0 Å². The average molecular weight is 403 g/mol. The summed E-state index contributed by atoms with van der Waals surface area (Å²) >= 11 is 0. The number of carbonyl (C=O) groups is 1. The van der Waals surface area contributed by atoms with Gasteiger partial charge in [-0.05, 0) is 31.5 Å². The predicted molar refractivity (Wildman–Crippen MR) is 103 cm³/mol. The molecular weight excluding hydrogens is 383 g/mol. The second-order valence-electron chi connectivity index (χ2n) is 6.57. The Kier molecular flexibility index (Phi) is 5.91. The van der Waals surface area contributed by atoms with Gasteiger partial charge in [0.05, 0.1) is 17.8 Å². The Hall–Kier alpha value is -3.29. The van der Waals surface area contributed by atoms with E-state index in [0.29, 0.717) is 29.2 Å². The number of nitrogens with zero attached hydrogens (tertiary/aromatic N) is 2. The van der Waals surface area contributed by atoms with E-state index in [4.69, 9.17) is 4.74 Å². The Morgan fingerprint density at radius 1 is 1.10 bits per heavy atom. The molecule has 1 aromatic heterocycles. The number of amides is 1. The molecule has 0 atom stereocenters. The zero-order valence-corrected chi connectivity index (χ0v) is 16.0. The van der Waals surface area contributed by atoms with Gasteiger partial charge < -0.3 is 10.1 Å². The van der Waals surface area contributed by atoms with Gasteiger partial charge in [0.1, 0.15) is 5.75 Å². The standard InChI is InChI=1S/C21H20F3N3O2/c1-14-19(15(2)27(26-14)12-16-7-4-3-5-8-16)20(28)25-17-9-6-10-18(11-17)29-13-21(22,23)24/h3-11H,12-13H2,1-2H3,(H,25,28). The van der Waals surface area contributed by atoms with Crippen molar-refractivity contribution in [3.05, 3.63) is 77.1 Å². The fourth-order valence-corrected chi connectivity index (χ4v) is 2.96. The number of halogens is 3. The van der Waals surface area contributed by atoms with Gasteiger partial charge in [-0.15, -0.1) is 0 Å². The van der Waals surface area contributed by atoms with E-state index in [2.05, 4.69) is 10.4 Å². The minimum absolute atomic E-state index is 0.0216. The van der Waals surface area contributed by atoms with Crippen molar-refractivity contribution >= 4 is 11.6 Å². The fraction of sp³-hybridized carbons (Fsp3) is 0.238. The lowest BCUT2D eigenvalue weighted by molar-refractivity contribution is -0.153. The van der Waals surface area contributed by atoms with Crippen LogP contribution in [0.5, 0.6) is 5.75 Å². The van der Waals surface area contributed by atoms with Crippen molar-refractivity contribution in [3.8, 4) is 5.75 Å². The number of aryl methyl sites for hydroxylation is 1. The smallest absolute Gasteiger partial charge is 0.422 e. The van der Waals surface area contributed by atoms with E-state index in [1.807, 2.05) is 30.3 Å². The van der Waals surface area contributed by atoms with E-state index in [1.165, 1.54) is 18.2 Å². The summed E-state index contributed by atoms with van der Waals surface area (Å²) in [7, 11) is 0. The lowest BCUT2D eigenvalue weighted by Crippen LogP contribution is -2.19. The van der Waals surface area contributed by atoms with Gasteiger partial charge in [-0.1, -0.05) is 36.4 Å². The summed E-state index contributed by atoms with van der Waals surface area (Å²) in [4.78, 5) is 12.8. The maximum atomic E-state index is 12.8. The molecule has 1 N–H and O–H groups in total. The van der Waals surface area contributed by atoms with Crippen molar-refractivity contribution in [1.29, 1.82) is 0 Å². The molecule has 1 amide bonds. The molecule has 5 nitrogen and oxygen atoms in total. The van der Waals surface area contributed by atoms with Crippen LogP contribution < -0.4 is 10.1 Å². The molecule has 29 heavy (non-hydrogen) atoms. The quantitative estimate of drug-likeness (QED) is 0.647. The molecule has 0 fully saturated rings. The zero-order valence-electron chi connectivity index (χ0n) is 16.0. The van der Waals surface area contributed by atoms with Gasteiger partial charge in [0.2, 0.25) is 0 Å². The monoisotopic (exact) mass is 403 g/mol. The number of rotatable bonds is 6. The van der Waals surface area contributed by atoms with E-state index in [0.717, 1.165) is 5.56 Å². The molecule has 152 valence electrons. The summed E-state index contributed by atoms with van der Waals surface area (Å²) in [5, 5.41) is 7.15. The van der Waals surface area contributed by atoms with Gasteiger partial charge >= 0.3 is 6.18 Å². The van der Waals surface area contributed by atoms with Gasteiger partial charge in [0, 0.05) is 17.4 Å². The SMILES string of the molecule is Cc1nn(Cc2ccccc2)c(C)c1C(=O)Nc1cccc(OCC(F)(F)F)c1. The summed E-state index contributed by atoms with van der Waals surface area (Å²) in [6.07, 6.45) is -4.43. The highest BCUT2D eigenvalue weighted by atomic mass is 19.4. The first kappa shape index (κ1) is 20.4. The molecular formula is C21H20F3N3O2. The summed E-state index contributed by atoms with van der Waals surface area (Å²) < 4.78 is 43.4. The summed E-state index contributed by atoms with van der Waals surface area (Å²) in [5.74, 6) is -0.361. The number of nitrogens with one attached hydrogen (secondary N) is 1. The van der Waals surface area contributed by atoms with Crippen LogP contribution in [0.2, 0.25) is 0 Å². The molecule has 0 unspecified atom stereocenters. The third-order valence-electron chi connectivity index (χ3n) is 4.28. The predicted octanol–water partition coefficient (Wildman–Crippen LogP) is 4.74. The molecule has 3 aromatic rings. The van der Waals surface area contributed by atoms with Crippen molar-refractivity contribution in [2.75, 3.05) is 11.9 Å². The number of ether oxygens (including phenoxy) is 1. The van der Waals surface area contributed by atoms with Crippen molar-refractivity contribution in [1.82, 2.24) is 9.78 Å². The van der Waals surface area contributed by atoms with E-state index in [-0.39, 0.29) is 11.7 Å². The Morgan fingerprint density at radius 3 is 2.52 bits per heavy atom. The number of carbonyl (C=O) groups excluding carboxylic acids is 1. The van der Waals surface area contributed by atoms with Crippen LogP contribution >= 0.6 is 0 Å². The molecule has 0 saturated carbocycles. The van der Waals surface area contributed by atoms with Crippen LogP contribution in [0.3, 0.4) is 0 Å². The minimum atomic E-state index is -4.43. The third-order valence-corrected chi connectivity index (χ3v) is 4.28. The number of hydrogen-bond acceptors (Lipinski definition) is 3. The third kappa shape index (κ3) is 5.37. The first-order valence-corrected chi connectivity index (χ1v) is 8.92. The molecule has 0 radical (unpaired) electrons. The van der Waals surface area contributed by atoms with E-state index < -0.39 is 12.8 Å².